The molecule has 0 amide bonds. The molecular weight excluding hydrogens is 1010 g/mol. The molecule has 370 valence electrons. The lowest BCUT2D eigenvalue weighted by molar-refractivity contribution is -0.683. The quantitative estimate of drug-likeness (QED) is 0.0361. The first-order valence-electron chi connectivity index (χ1n) is 19.8. The molecule has 8 aromatic rings. The number of benzene rings is 7. The molecule has 0 saturated heterocycles. The molecule has 8 rings (SSSR count). The van der Waals surface area contributed by atoms with E-state index in [9.17, 15) is 62.3 Å². The Morgan fingerprint density at radius 3 is 1.00 bits per heavy atom. The molecular formula is C48H18BF20NO2. The molecule has 24 heteroatoms. The predicted molar refractivity (Wildman–Crippen MR) is 214 cm³/mol. The summed E-state index contributed by atoms with van der Waals surface area (Å²) in [5.41, 5.74) is -12.4. The molecule has 0 unspecified atom stereocenters. The number of fused-ring (bicyclic) bond motifs is 1. The topological polar surface area (TPSA) is 38.0 Å². The van der Waals surface area contributed by atoms with Gasteiger partial charge in [0.1, 0.15) is 52.7 Å². The van der Waals surface area contributed by atoms with Gasteiger partial charge < -0.3 is 0 Å². The maximum atomic E-state index is 15.4. The highest BCUT2D eigenvalue weighted by molar-refractivity contribution is 7.20. The normalized spacial score (nSPS) is 11.5. The van der Waals surface area contributed by atoms with Gasteiger partial charge in [0.2, 0.25) is 12.3 Å². The standard InChI is InChI=1S/C24BF20.C24H18NO2/c26-5-1(6(27)14(35)21(42)13(5)34)25(2-7(28)15(36)22(43)16(37)8(2)29,3-9(30)17(38)23(44)18(39)10(3)31)4-11(32)19(40)24(45)20(41)12(4)33;26-23(19-8-2-1-3-9-19)17-25-15-13-20(14-16-25)24(27)22-12-6-10-18-7-4-5-11-21(18)22/h;1-16H,17H2/q-1;+1. The number of rotatable bonds is 9. The van der Waals surface area contributed by atoms with Crippen LogP contribution in [-0.4, -0.2) is 17.7 Å². The van der Waals surface area contributed by atoms with Gasteiger partial charge in [-0.05, 0) is 10.8 Å². The van der Waals surface area contributed by atoms with E-state index >= 15 is 35.1 Å². The largest absolute Gasteiger partial charge is 0.289 e. The SMILES string of the molecule is Fc1c(F)c(F)c([B-](c2c(F)c(F)c(F)c(F)c2F)(c2c(F)c(F)c(F)c(F)c2F)c2c(F)c(F)c(F)c(F)c2F)c(F)c1F.O=C(C[n+]1ccc(C(=O)c2cccc3ccccc23)cc1)c1ccccc1. The number of carbonyl (C=O) groups is 2. The first-order valence-corrected chi connectivity index (χ1v) is 19.8. The zero-order chi connectivity index (χ0) is 53.0. The number of Topliss-reactive ketones (excluding diaryl/α,β-unsaturated/α-hetero) is 1. The van der Waals surface area contributed by atoms with Crippen LogP contribution < -0.4 is 26.4 Å². The maximum Gasteiger partial charge on any atom is 0.227 e. The van der Waals surface area contributed by atoms with Crippen molar-refractivity contribution < 1.29 is 102 Å². The highest BCUT2D eigenvalue weighted by Gasteiger charge is 2.52. The second-order valence-electron chi connectivity index (χ2n) is 15.2. The lowest BCUT2D eigenvalue weighted by Gasteiger charge is -2.44. The van der Waals surface area contributed by atoms with E-state index in [-0.39, 0.29) is 18.1 Å². The van der Waals surface area contributed by atoms with Crippen LogP contribution >= 0.6 is 0 Å². The number of hydrogen-bond donors (Lipinski definition) is 0. The Hall–Kier alpha value is -8.05. The monoisotopic (exact) mass is 1030 g/mol. The van der Waals surface area contributed by atoms with Crippen molar-refractivity contribution in [2.75, 3.05) is 0 Å². The van der Waals surface area contributed by atoms with Crippen molar-refractivity contribution in [1.29, 1.82) is 0 Å². The van der Waals surface area contributed by atoms with Crippen LogP contribution in [0.3, 0.4) is 0 Å². The number of ketones is 2. The smallest absolute Gasteiger partial charge is 0.227 e. The summed E-state index contributed by atoms with van der Waals surface area (Å²) in [6, 6.07) is 26.4. The highest BCUT2D eigenvalue weighted by atomic mass is 19.2. The molecule has 0 aliphatic heterocycles. The molecule has 0 fully saturated rings. The number of aromatic nitrogens is 1. The van der Waals surface area contributed by atoms with Crippen molar-refractivity contribution in [1.82, 2.24) is 0 Å². The molecule has 1 heterocycles. The van der Waals surface area contributed by atoms with Gasteiger partial charge in [0, 0.05) is 28.8 Å². The molecule has 0 N–H and O–H groups in total. The molecule has 1 aromatic heterocycles. The summed E-state index contributed by atoms with van der Waals surface area (Å²) in [7, 11) is 0. The third-order valence-corrected chi connectivity index (χ3v) is 11.3. The van der Waals surface area contributed by atoms with E-state index in [1.54, 1.807) is 41.2 Å². The first-order chi connectivity index (χ1) is 33.9. The van der Waals surface area contributed by atoms with Gasteiger partial charge in [-0.15, -0.1) is 21.9 Å². The minimum Gasteiger partial charge on any atom is -0.289 e. The van der Waals surface area contributed by atoms with Gasteiger partial charge in [-0.2, -0.15) is 4.57 Å². The number of nitrogens with zero attached hydrogens (tertiary/aromatic N) is 1. The lowest BCUT2D eigenvalue weighted by Crippen LogP contribution is -2.81. The Balaban J connectivity index is 0.000000238. The van der Waals surface area contributed by atoms with Crippen LogP contribution in [0, 0.1) is 116 Å². The van der Waals surface area contributed by atoms with E-state index in [1.807, 2.05) is 60.7 Å². The molecule has 72 heavy (non-hydrogen) atoms. The zero-order valence-corrected chi connectivity index (χ0v) is 34.8. The Bertz CT molecular complexity index is 3150. The second kappa shape index (κ2) is 19.6. The summed E-state index contributed by atoms with van der Waals surface area (Å²) >= 11 is 0. The van der Waals surface area contributed by atoms with Crippen LogP contribution in [0.15, 0.2) is 97.3 Å². The first kappa shape index (κ1) is 51.8. The van der Waals surface area contributed by atoms with Gasteiger partial charge in [0.05, 0.1) is 0 Å². The van der Waals surface area contributed by atoms with E-state index in [1.165, 1.54) is 0 Å². The second-order valence-corrected chi connectivity index (χ2v) is 15.2. The summed E-state index contributed by atoms with van der Waals surface area (Å²) in [5.74, 6) is -71.4. The number of pyridine rings is 1. The minimum absolute atomic E-state index is 0.0201. The van der Waals surface area contributed by atoms with E-state index in [2.05, 4.69) is 0 Å². The van der Waals surface area contributed by atoms with E-state index in [4.69, 9.17) is 0 Å². The summed E-state index contributed by atoms with van der Waals surface area (Å²) in [6.45, 7) is 0.243. The fourth-order valence-corrected chi connectivity index (χ4v) is 8.05. The molecule has 7 aromatic carbocycles. The fourth-order valence-electron chi connectivity index (χ4n) is 8.05. The molecule has 0 saturated carbocycles. The molecule has 0 bridgehead atoms. The van der Waals surface area contributed by atoms with Gasteiger partial charge in [-0.3, -0.25) is 9.59 Å². The van der Waals surface area contributed by atoms with Crippen LogP contribution in [0.25, 0.3) is 10.8 Å². The van der Waals surface area contributed by atoms with Crippen LogP contribution in [0.4, 0.5) is 87.8 Å². The van der Waals surface area contributed by atoms with Crippen LogP contribution in [0.1, 0.15) is 26.3 Å². The maximum absolute atomic E-state index is 15.4. The van der Waals surface area contributed by atoms with Gasteiger partial charge in [-0.25, -0.2) is 87.8 Å². The third-order valence-electron chi connectivity index (χ3n) is 11.3. The van der Waals surface area contributed by atoms with Crippen molar-refractivity contribution in [3.8, 4) is 0 Å². The van der Waals surface area contributed by atoms with Gasteiger partial charge >= 0.3 is 0 Å². The van der Waals surface area contributed by atoms with Crippen molar-refractivity contribution in [3.05, 3.63) is 230 Å². The predicted octanol–water partition coefficient (Wildman–Crippen LogP) is 10.1. The Kier molecular flexibility index (Phi) is 14.1. The molecule has 0 aliphatic carbocycles. The number of hydrogen-bond acceptors (Lipinski definition) is 2. The summed E-state index contributed by atoms with van der Waals surface area (Å²) < 4.78 is 296. The van der Waals surface area contributed by atoms with Gasteiger partial charge in [0.15, 0.2) is 88.0 Å². The van der Waals surface area contributed by atoms with Crippen molar-refractivity contribution in [3.63, 3.8) is 0 Å². The number of carbonyl (C=O) groups excluding carboxylic acids is 2. The zero-order valence-electron chi connectivity index (χ0n) is 34.8. The third kappa shape index (κ3) is 8.26. The Morgan fingerprint density at radius 1 is 0.333 bits per heavy atom. The summed E-state index contributed by atoms with van der Waals surface area (Å²) in [4.78, 5) is 25.3. The minimum atomic E-state index is -7.22. The summed E-state index contributed by atoms with van der Waals surface area (Å²) in [5, 5.41) is 1.99. The fraction of sp³-hybridized carbons (Fsp3) is 0.0208. The van der Waals surface area contributed by atoms with Gasteiger partial charge in [-0.1, -0.05) is 72.8 Å². The molecule has 3 nitrogen and oxygen atoms in total. The van der Waals surface area contributed by atoms with Crippen LogP contribution in [-0.2, 0) is 6.54 Å². The van der Waals surface area contributed by atoms with E-state index < -0.39 is 144 Å². The Labute approximate surface area is 388 Å². The molecule has 0 atom stereocenters. The van der Waals surface area contributed by atoms with Gasteiger partial charge in [0.25, 0.3) is 0 Å². The highest BCUT2D eigenvalue weighted by Crippen LogP contribution is 2.31. The molecule has 0 spiro atoms. The van der Waals surface area contributed by atoms with E-state index in [0.717, 1.165) is 10.8 Å². The molecule has 0 aliphatic rings. The number of halogens is 20. The van der Waals surface area contributed by atoms with Crippen molar-refractivity contribution in [2.45, 2.75) is 6.54 Å². The van der Waals surface area contributed by atoms with Crippen LogP contribution in [0.5, 0.6) is 0 Å². The average Bonchev–Trinajstić information content (AvgIpc) is 3.38. The Morgan fingerprint density at radius 2 is 0.639 bits per heavy atom. The van der Waals surface area contributed by atoms with Crippen LogP contribution in [0.2, 0.25) is 0 Å². The van der Waals surface area contributed by atoms with Crippen molar-refractivity contribution >= 4 is 50.3 Å². The lowest BCUT2D eigenvalue weighted by atomic mass is 9.12. The van der Waals surface area contributed by atoms with Crippen molar-refractivity contribution in [2.24, 2.45) is 0 Å². The summed E-state index contributed by atoms with van der Waals surface area (Å²) in [6.07, 6.45) is -3.66. The van der Waals surface area contributed by atoms with E-state index in [0.29, 0.717) is 16.7 Å². The molecule has 0 radical (unpaired) electrons. The average molecular weight is 1030 g/mol.